The van der Waals surface area contributed by atoms with E-state index in [0.717, 1.165) is 5.69 Å². The van der Waals surface area contributed by atoms with Crippen LogP contribution >= 0.6 is 0 Å². The lowest BCUT2D eigenvalue weighted by Gasteiger charge is -2.12. The first-order valence-electron chi connectivity index (χ1n) is 8.57. The Kier molecular flexibility index (Phi) is 6.06. The van der Waals surface area contributed by atoms with Crippen molar-refractivity contribution in [1.82, 2.24) is 4.98 Å². The zero-order valence-corrected chi connectivity index (χ0v) is 15.5. The molecule has 0 aliphatic rings. The van der Waals surface area contributed by atoms with Crippen LogP contribution in [-0.2, 0) is 11.2 Å². The van der Waals surface area contributed by atoms with Gasteiger partial charge in [-0.15, -0.1) is 0 Å². The molecule has 0 saturated carbocycles. The van der Waals surface area contributed by atoms with E-state index in [-0.39, 0.29) is 18.1 Å². The van der Waals surface area contributed by atoms with Crippen molar-refractivity contribution in [2.45, 2.75) is 6.42 Å². The maximum atomic E-state index is 13.2. The molecule has 0 spiro atoms. The number of rotatable bonds is 7. The average Bonchev–Trinajstić information content (AvgIpc) is 2.69. The van der Waals surface area contributed by atoms with E-state index in [1.54, 1.807) is 50.7 Å². The number of nitrogens with zero attached hydrogens (tertiary/aromatic N) is 1. The maximum absolute atomic E-state index is 13.2. The summed E-state index contributed by atoms with van der Waals surface area (Å²) >= 11 is 0. The van der Waals surface area contributed by atoms with E-state index in [4.69, 9.17) is 9.47 Å². The van der Waals surface area contributed by atoms with Crippen molar-refractivity contribution in [3.63, 3.8) is 0 Å². The van der Waals surface area contributed by atoms with Gasteiger partial charge >= 0.3 is 0 Å². The normalized spacial score (nSPS) is 10.2. The molecule has 0 atom stereocenters. The number of hydrogen-bond acceptors (Lipinski definition) is 5. The molecule has 6 nitrogen and oxygen atoms in total. The number of nitrogens with one attached hydrogen (secondary N) is 2. The number of pyridine rings is 1. The molecule has 28 heavy (non-hydrogen) atoms. The van der Waals surface area contributed by atoms with Crippen molar-refractivity contribution in [3.8, 4) is 11.5 Å². The predicted octanol–water partition coefficient (Wildman–Crippen LogP) is 4.16. The monoisotopic (exact) mass is 381 g/mol. The van der Waals surface area contributed by atoms with Crippen molar-refractivity contribution in [2.24, 2.45) is 0 Å². The summed E-state index contributed by atoms with van der Waals surface area (Å²) in [7, 11) is 3.16. The molecule has 7 heteroatoms. The van der Waals surface area contributed by atoms with Gasteiger partial charge in [-0.3, -0.25) is 4.79 Å². The molecule has 144 valence electrons. The van der Waals surface area contributed by atoms with E-state index in [1.807, 2.05) is 12.1 Å². The fourth-order valence-corrected chi connectivity index (χ4v) is 2.62. The molecule has 0 saturated heterocycles. The summed E-state index contributed by atoms with van der Waals surface area (Å²) in [5.74, 6) is 1.29. The Morgan fingerprint density at radius 1 is 1.07 bits per heavy atom. The molecule has 0 aliphatic heterocycles. The summed E-state index contributed by atoms with van der Waals surface area (Å²) in [6, 6.07) is 14.8. The Bertz CT molecular complexity index is 961. The number of amides is 1. The largest absolute Gasteiger partial charge is 0.497 e. The minimum atomic E-state index is -0.364. The first kappa shape index (κ1) is 19.2. The van der Waals surface area contributed by atoms with Crippen molar-refractivity contribution < 1.29 is 18.7 Å². The lowest BCUT2D eigenvalue weighted by Crippen LogP contribution is -2.14. The second kappa shape index (κ2) is 8.85. The van der Waals surface area contributed by atoms with E-state index < -0.39 is 0 Å². The van der Waals surface area contributed by atoms with Gasteiger partial charge in [-0.25, -0.2) is 9.37 Å². The SMILES string of the molecule is COc1ccc(Nc2ccc(NC(=O)Cc3cccc(F)c3)cn2)c(OC)c1. The van der Waals surface area contributed by atoms with Crippen molar-refractivity contribution in [1.29, 1.82) is 0 Å². The second-order valence-corrected chi connectivity index (χ2v) is 5.98. The summed E-state index contributed by atoms with van der Waals surface area (Å²) in [4.78, 5) is 16.4. The summed E-state index contributed by atoms with van der Waals surface area (Å²) in [5.41, 5.74) is 1.89. The molecule has 0 unspecified atom stereocenters. The lowest BCUT2D eigenvalue weighted by atomic mass is 10.1. The summed E-state index contributed by atoms with van der Waals surface area (Å²) in [5, 5.41) is 5.90. The van der Waals surface area contributed by atoms with Crippen molar-refractivity contribution in [3.05, 3.63) is 72.2 Å². The number of aromatic nitrogens is 1. The number of anilines is 3. The maximum Gasteiger partial charge on any atom is 0.228 e. The summed E-state index contributed by atoms with van der Waals surface area (Å²) in [6.07, 6.45) is 1.63. The molecule has 3 aromatic rings. The van der Waals surface area contributed by atoms with Gasteiger partial charge in [0.25, 0.3) is 0 Å². The number of hydrogen-bond donors (Lipinski definition) is 2. The van der Waals surface area contributed by atoms with Gasteiger partial charge in [-0.05, 0) is 42.0 Å². The van der Waals surface area contributed by atoms with Crippen LogP contribution in [0.15, 0.2) is 60.8 Å². The molecular weight excluding hydrogens is 361 g/mol. The molecule has 0 aliphatic carbocycles. The fourth-order valence-electron chi connectivity index (χ4n) is 2.62. The number of halogens is 1. The highest BCUT2D eigenvalue weighted by atomic mass is 19.1. The summed E-state index contributed by atoms with van der Waals surface area (Å²) < 4.78 is 23.7. The number of carbonyl (C=O) groups excluding carboxylic acids is 1. The summed E-state index contributed by atoms with van der Waals surface area (Å²) in [6.45, 7) is 0. The topological polar surface area (TPSA) is 72.5 Å². The molecular formula is C21H20FN3O3. The standard InChI is InChI=1S/C21H20FN3O3/c1-27-17-7-8-18(19(12-17)28-2)25-20-9-6-16(13-23-20)24-21(26)11-14-4-3-5-15(22)10-14/h3-10,12-13H,11H2,1-2H3,(H,23,25)(H,24,26). The van der Waals surface area contributed by atoms with Crippen LogP contribution in [0.4, 0.5) is 21.6 Å². The Labute approximate surface area is 162 Å². The molecule has 1 heterocycles. The quantitative estimate of drug-likeness (QED) is 0.643. The minimum absolute atomic E-state index is 0.0841. The Morgan fingerprint density at radius 2 is 1.93 bits per heavy atom. The number of benzene rings is 2. The van der Waals surface area contributed by atoms with Gasteiger partial charge in [0.1, 0.15) is 23.1 Å². The van der Waals surface area contributed by atoms with E-state index in [9.17, 15) is 9.18 Å². The van der Waals surface area contributed by atoms with Crippen LogP contribution in [0.2, 0.25) is 0 Å². The molecule has 3 rings (SSSR count). The van der Waals surface area contributed by atoms with Crippen LogP contribution in [0.3, 0.4) is 0 Å². The molecule has 2 aromatic carbocycles. The third-order valence-electron chi connectivity index (χ3n) is 3.97. The highest BCUT2D eigenvalue weighted by Gasteiger charge is 2.08. The highest BCUT2D eigenvalue weighted by Crippen LogP contribution is 2.31. The van der Waals surface area contributed by atoms with Crippen LogP contribution in [0.1, 0.15) is 5.56 Å². The Balaban J connectivity index is 1.63. The van der Waals surface area contributed by atoms with Gasteiger partial charge in [-0.1, -0.05) is 12.1 Å². The number of carbonyl (C=O) groups is 1. The molecule has 1 amide bonds. The van der Waals surface area contributed by atoms with E-state index >= 15 is 0 Å². The van der Waals surface area contributed by atoms with Crippen molar-refractivity contribution >= 4 is 23.1 Å². The van der Waals surface area contributed by atoms with Crippen molar-refractivity contribution in [2.75, 3.05) is 24.9 Å². The van der Waals surface area contributed by atoms with Gasteiger partial charge in [0.05, 0.1) is 38.2 Å². The zero-order chi connectivity index (χ0) is 19.9. The van der Waals surface area contributed by atoms with Gasteiger partial charge in [-0.2, -0.15) is 0 Å². The molecule has 0 bridgehead atoms. The highest BCUT2D eigenvalue weighted by molar-refractivity contribution is 5.92. The smallest absolute Gasteiger partial charge is 0.228 e. The van der Waals surface area contributed by atoms with E-state index in [0.29, 0.717) is 28.6 Å². The van der Waals surface area contributed by atoms with E-state index in [2.05, 4.69) is 15.6 Å². The minimum Gasteiger partial charge on any atom is -0.497 e. The van der Waals surface area contributed by atoms with Gasteiger partial charge in [0.15, 0.2) is 0 Å². The van der Waals surface area contributed by atoms with Crippen LogP contribution in [-0.4, -0.2) is 25.1 Å². The van der Waals surface area contributed by atoms with Gasteiger partial charge < -0.3 is 20.1 Å². The molecule has 0 fully saturated rings. The Hall–Kier alpha value is -3.61. The third-order valence-corrected chi connectivity index (χ3v) is 3.97. The first-order valence-corrected chi connectivity index (χ1v) is 8.57. The van der Waals surface area contributed by atoms with Gasteiger partial charge in [0, 0.05) is 6.07 Å². The molecule has 1 aromatic heterocycles. The number of ether oxygens (including phenoxy) is 2. The average molecular weight is 381 g/mol. The van der Waals surface area contributed by atoms with Crippen LogP contribution < -0.4 is 20.1 Å². The predicted molar refractivity (Wildman–Crippen MR) is 106 cm³/mol. The first-order chi connectivity index (χ1) is 13.6. The lowest BCUT2D eigenvalue weighted by molar-refractivity contribution is -0.115. The van der Waals surface area contributed by atoms with E-state index in [1.165, 1.54) is 12.1 Å². The number of methoxy groups -OCH3 is 2. The Morgan fingerprint density at radius 3 is 2.61 bits per heavy atom. The fraction of sp³-hybridized carbons (Fsp3) is 0.143. The van der Waals surface area contributed by atoms with Crippen LogP contribution in [0.25, 0.3) is 0 Å². The van der Waals surface area contributed by atoms with Crippen LogP contribution in [0, 0.1) is 5.82 Å². The second-order valence-electron chi connectivity index (χ2n) is 5.98. The molecule has 0 radical (unpaired) electrons. The van der Waals surface area contributed by atoms with Crippen LogP contribution in [0.5, 0.6) is 11.5 Å². The third kappa shape index (κ3) is 4.97. The molecule has 2 N–H and O–H groups in total. The van der Waals surface area contributed by atoms with Gasteiger partial charge in [0.2, 0.25) is 5.91 Å². The zero-order valence-electron chi connectivity index (χ0n) is 15.5.